The van der Waals surface area contributed by atoms with Crippen LogP contribution in [0.1, 0.15) is 19.3 Å². The van der Waals surface area contributed by atoms with Gasteiger partial charge in [-0.05, 0) is 37.5 Å². The standard InChI is InChI=1S/C19H21N5O3S/c25-18-10-9-17(22-23-18)24-12-2-1-7-15(24)13-21-28(26,27)16-8-3-5-14-6-4-11-20-19(14)16/h3-6,8-11,15,21H,1-2,7,12-13H2,(H,23,25). The summed E-state index contributed by atoms with van der Waals surface area (Å²) in [6, 6.07) is 11.8. The van der Waals surface area contributed by atoms with Crippen molar-refractivity contribution in [2.24, 2.45) is 0 Å². The smallest absolute Gasteiger partial charge is 0.264 e. The summed E-state index contributed by atoms with van der Waals surface area (Å²) in [4.78, 5) is 17.7. The van der Waals surface area contributed by atoms with E-state index in [2.05, 4.69) is 19.9 Å². The van der Waals surface area contributed by atoms with Gasteiger partial charge in [0.05, 0.1) is 5.52 Å². The van der Waals surface area contributed by atoms with E-state index in [0.29, 0.717) is 11.3 Å². The minimum Gasteiger partial charge on any atom is -0.351 e. The third kappa shape index (κ3) is 3.76. The fourth-order valence-corrected chi connectivity index (χ4v) is 4.84. The molecule has 28 heavy (non-hydrogen) atoms. The van der Waals surface area contributed by atoms with E-state index in [9.17, 15) is 13.2 Å². The molecule has 9 heteroatoms. The molecule has 8 nitrogen and oxygen atoms in total. The van der Waals surface area contributed by atoms with E-state index in [1.807, 2.05) is 17.0 Å². The largest absolute Gasteiger partial charge is 0.351 e. The first-order chi connectivity index (χ1) is 13.5. The molecule has 3 heterocycles. The Morgan fingerprint density at radius 2 is 2.00 bits per heavy atom. The summed E-state index contributed by atoms with van der Waals surface area (Å²) in [6.45, 7) is 1.02. The van der Waals surface area contributed by atoms with Gasteiger partial charge in [0, 0.05) is 36.8 Å². The molecular formula is C19H21N5O3S. The maximum atomic E-state index is 12.9. The average Bonchev–Trinajstić information content (AvgIpc) is 2.73. The van der Waals surface area contributed by atoms with E-state index in [4.69, 9.17) is 0 Å². The minimum absolute atomic E-state index is 0.0372. The molecule has 1 aliphatic rings. The highest BCUT2D eigenvalue weighted by Gasteiger charge is 2.26. The Labute approximate surface area is 162 Å². The van der Waals surface area contributed by atoms with Gasteiger partial charge in [-0.25, -0.2) is 18.2 Å². The number of aromatic amines is 1. The van der Waals surface area contributed by atoms with Gasteiger partial charge in [-0.3, -0.25) is 9.78 Å². The van der Waals surface area contributed by atoms with Crippen LogP contribution >= 0.6 is 0 Å². The number of hydrogen-bond acceptors (Lipinski definition) is 6. The van der Waals surface area contributed by atoms with Crippen LogP contribution in [0.5, 0.6) is 0 Å². The first kappa shape index (κ1) is 18.6. The van der Waals surface area contributed by atoms with Gasteiger partial charge in [0.1, 0.15) is 10.7 Å². The number of rotatable bonds is 5. The van der Waals surface area contributed by atoms with Crippen LogP contribution in [0, 0.1) is 0 Å². The lowest BCUT2D eigenvalue weighted by atomic mass is 10.0. The summed E-state index contributed by atoms with van der Waals surface area (Å²) in [7, 11) is -3.72. The number of para-hydroxylation sites is 1. The van der Waals surface area contributed by atoms with Crippen molar-refractivity contribution in [1.29, 1.82) is 0 Å². The summed E-state index contributed by atoms with van der Waals surface area (Å²) >= 11 is 0. The van der Waals surface area contributed by atoms with E-state index in [-0.39, 0.29) is 23.0 Å². The Morgan fingerprint density at radius 1 is 1.14 bits per heavy atom. The second-order valence-corrected chi connectivity index (χ2v) is 8.54. The van der Waals surface area contributed by atoms with Crippen LogP contribution < -0.4 is 15.2 Å². The number of sulfonamides is 1. The quantitative estimate of drug-likeness (QED) is 0.675. The van der Waals surface area contributed by atoms with Gasteiger partial charge in [-0.15, -0.1) is 0 Å². The summed E-state index contributed by atoms with van der Waals surface area (Å²) in [5.41, 5.74) is 0.196. The zero-order valence-corrected chi connectivity index (χ0v) is 16.0. The number of benzene rings is 1. The van der Waals surface area contributed by atoms with Crippen LogP contribution in [0.4, 0.5) is 5.82 Å². The molecule has 0 aliphatic carbocycles. The monoisotopic (exact) mass is 399 g/mol. The predicted octanol–water partition coefficient (Wildman–Crippen LogP) is 1.66. The van der Waals surface area contributed by atoms with Crippen LogP contribution in [0.15, 0.2) is 58.4 Å². The summed E-state index contributed by atoms with van der Waals surface area (Å²) in [5, 5.41) is 7.32. The number of nitrogens with one attached hydrogen (secondary N) is 2. The molecule has 0 amide bonds. The van der Waals surface area contributed by atoms with Crippen LogP contribution in [0.2, 0.25) is 0 Å². The van der Waals surface area contributed by atoms with Crippen LogP contribution in [0.3, 0.4) is 0 Å². The van der Waals surface area contributed by atoms with Gasteiger partial charge >= 0.3 is 0 Å². The zero-order valence-electron chi connectivity index (χ0n) is 15.2. The van der Waals surface area contributed by atoms with Crippen molar-refractivity contribution in [1.82, 2.24) is 19.9 Å². The molecule has 2 N–H and O–H groups in total. The minimum atomic E-state index is -3.72. The molecule has 0 spiro atoms. The molecule has 0 radical (unpaired) electrons. The molecule has 146 valence electrons. The molecule has 2 aromatic heterocycles. The number of H-pyrrole nitrogens is 1. The highest BCUT2D eigenvalue weighted by atomic mass is 32.2. The van der Waals surface area contributed by atoms with Crippen LogP contribution in [-0.2, 0) is 10.0 Å². The lowest BCUT2D eigenvalue weighted by Gasteiger charge is -2.36. The Hall–Kier alpha value is -2.78. The summed E-state index contributed by atoms with van der Waals surface area (Å²) < 4.78 is 28.6. The van der Waals surface area contributed by atoms with Crippen molar-refractivity contribution in [3.05, 3.63) is 59.0 Å². The summed E-state index contributed by atoms with van der Waals surface area (Å²) in [6.07, 6.45) is 4.45. The van der Waals surface area contributed by atoms with E-state index < -0.39 is 10.0 Å². The number of aromatic nitrogens is 3. The molecule has 4 rings (SSSR count). The van der Waals surface area contributed by atoms with Crippen LogP contribution in [0.25, 0.3) is 10.9 Å². The molecule has 3 aromatic rings. The number of pyridine rings is 1. The second-order valence-electron chi connectivity index (χ2n) is 6.81. The Bertz CT molecular complexity index is 1120. The topological polar surface area (TPSA) is 108 Å². The van der Waals surface area contributed by atoms with Gasteiger partial charge in [-0.1, -0.05) is 18.2 Å². The van der Waals surface area contributed by atoms with Crippen molar-refractivity contribution < 1.29 is 8.42 Å². The van der Waals surface area contributed by atoms with Crippen molar-refractivity contribution in [2.75, 3.05) is 18.0 Å². The number of nitrogens with zero attached hydrogens (tertiary/aromatic N) is 3. The highest BCUT2D eigenvalue weighted by Crippen LogP contribution is 2.23. The Balaban J connectivity index is 1.56. The van der Waals surface area contributed by atoms with Gasteiger partial charge in [0.15, 0.2) is 0 Å². The maximum Gasteiger partial charge on any atom is 0.264 e. The highest BCUT2D eigenvalue weighted by molar-refractivity contribution is 7.89. The molecule has 1 unspecified atom stereocenters. The molecule has 0 bridgehead atoms. The van der Waals surface area contributed by atoms with Crippen molar-refractivity contribution in [3.8, 4) is 0 Å². The summed E-state index contributed by atoms with van der Waals surface area (Å²) in [5.74, 6) is 0.648. The zero-order chi connectivity index (χ0) is 19.6. The molecule has 1 aliphatic heterocycles. The maximum absolute atomic E-state index is 12.9. The lowest BCUT2D eigenvalue weighted by molar-refractivity contribution is 0.448. The van der Waals surface area contributed by atoms with E-state index in [1.54, 1.807) is 30.5 Å². The van der Waals surface area contributed by atoms with Gasteiger partial charge in [0.25, 0.3) is 5.56 Å². The molecule has 1 atom stereocenters. The lowest BCUT2D eigenvalue weighted by Crippen LogP contribution is -2.47. The second kappa shape index (κ2) is 7.69. The van der Waals surface area contributed by atoms with E-state index in [1.165, 1.54) is 6.07 Å². The fourth-order valence-electron chi connectivity index (χ4n) is 3.59. The average molecular weight is 399 g/mol. The van der Waals surface area contributed by atoms with Crippen LogP contribution in [-0.4, -0.2) is 42.7 Å². The van der Waals surface area contributed by atoms with Gasteiger partial charge in [-0.2, -0.15) is 5.10 Å². The number of hydrogen-bond donors (Lipinski definition) is 2. The SMILES string of the molecule is O=c1ccc(N2CCCCC2CNS(=O)(=O)c2cccc3cccnc23)n[nH]1. The fraction of sp³-hybridized carbons (Fsp3) is 0.316. The molecule has 0 saturated carbocycles. The van der Waals surface area contributed by atoms with Crippen molar-refractivity contribution in [2.45, 2.75) is 30.2 Å². The normalized spacial score (nSPS) is 17.7. The third-order valence-electron chi connectivity index (χ3n) is 4.98. The first-order valence-corrected chi connectivity index (χ1v) is 10.7. The number of anilines is 1. The third-order valence-corrected chi connectivity index (χ3v) is 6.44. The van der Waals surface area contributed by atoms with Crippen molar-refractivity contribution >= 4 is 26.7 Å². The Morgan fingerprint density at radius 3 is 2.82 bits per heavy atom. The first-order valence-electron chi connectivity index (χ1n) is 9.20. The molecular weight excluding hydrogens is 378 g/mol. The molecule has 1 fully saturated rings. The predicted molar refractivity (Wildman–Crippen MR) is 107 cm³/mol. The Kier molecular flexibility index (Phi) is 5.10. The van der Waals surface area contributed by atoms with Crippen molar-refractivity contribution in [3.63, 3.8) is 0 Å². The number of piperidine rings is 1. The molecule has 1 saturated heterocycles. The van der Waals surface area contributed by atoms with E-state index >= 15 is 0 Å². The van der Waals surface area contributed by atoms with Gasteiger partial charge in [0.2, 0.25) is 10.0 Å². The molecule has 1 aromatic carbocycles. The van der Waals surface area contributed by atoms with Gasteiger partial charge < -0.3 is 4.90 Å². The van der Waals surface area contributed by atoms with E-state index in [0.717, 1.165) is 31.2 Å². The number of fused-ring (bicyclic) bond motifs is 1.